The van der Waals surface area contributed by atoms with E-state index in [0.29, 0.717) is 5.25 Å². The van der Waals surface area contributed by atoms with Crippen molar-refractivity contribution in [3.05, 3.63) is 28.2 Å². The standard InChI is InChI=1S/C14H22BrNOS/c1-3-7-16-10-12-4-5-14(13(15)9-12)18-11(2)6-8-17/h4-5,9,11,16-17H,3,6-8,10H2,1-2H3. The third kappa shape index (κ3) is 5.74. The second-order valence-corrected chi connectivity index (χ2v) is 6.72. The molecule has 1 unspecified atom stereocenters. The SMILES string of the molecule is CCCNCc1ccc(SC(C)CCO)c(Br)c1. The normalized spacial score (nSPS) is 12.7. The molecule has 0 aliphatic carbocycles. The molecule has 1 aromatic carbocycles. The Morgan fingerprint density at radius 3 is 2.83 bits per heavy atom. The Kier molecular flexibility index (Phi) is 7.98. The molecular weight excluding hydrogens is 310 g/mol. The highest BCUT2D eigenvalue weighted by Gasteiger charge is 2.07. The van der Waals surface area contributed by atoms with Crippen LogP contribution in [0, 0.1) is 0 Å². The molecule has 0 spiro atoms. The van der Waals surface area contributed by atoms with Gasteiger partial charge in [0, 0.05) is 27.8 Å². The smallest absolute Gasteiger partial charge is 0.0441 e. The van der Waals surface area contributed by atoms with Gasteiger partial charge in [-0.3, -0.25) is 0 Å². The van der Waals surface area contributed by atoms with Gasteiger partial charge in [0.15, 0.2) is 0 Å². The monoisotopic (exact) mass is 331 g/mol. The molecular formula is C14H22BrNOS. The van der Waals surface area contributed by atoms with E-state index in [0.717, 1.165) is 30.4 Å². The molecule has 2 N–H and O–H groups in total. The van der Waals surface area contributed by atoms with Gasteiger partial charge >= 0.3 is 0 Å². The highest BCUT2D eigenvalue weighted by Crippen LogP contribution is 2.32. The summed E-state index contributed by atoms with van der Waals surface area (Å²) in [5.74, 6) is 0. The van der Waals surface area contributed by atoms with Gasteiger partial charge in [0.05, 0.1) is 0 Å². The first-order valence-electron chi connectivity index (χ1n) is 6.44. The van der Waals surface area contributed by atoms with Crippen LogP contribution in [0.15, 0.2) is 27.6 Å². The van der Waals surface area contributed by atoms with Gasteiger partial charge in [0.1, 0.15) is 0 Å². The average Bonchev–Trinajstić information content (AvgIpc) is 2.33. The topological polar surface area (TPSA) is 32.3 Å². The highest BCUT2D eigenvalue weighted by atomic mass is 79.9. The van der Waals surface area contributed by atoms with E-state index >= 15 is 0 Å². The molecule has 4 heteroatoms. The Morgan fingerprint density at radius 2 is 2.22 bits per heavy atom. The Balaban J connectivity index is 2.56. The predicted molar refractivity (Wildman–Crippen MR) is 83.2 cm³/mol. The van der Waals surface area contributed by atoms with E-state index in [9.17, 15) is 0 Å². The molecule has 2 nitrogen and oxygen atoms in total. The Hall–Kier alpha value is -0.0300. The number of thioether (sulfide) groups is 1. The molecule has 0 saturated carbocycles. The number of rotatable bonds is 8. The Labute approximate surface area is 123 Å². The second-order valence-electron chi connectivity index (χ2n) is 4.38. The number of aliphatic hydroxyl groups is 1. The van der Waals surface area contributed by atoms with E-state index in [1.165, 1.54) is 10.5 Å². The van der Waals surface area contributed by atoms with Crippen molar-refractivity contribution >= 4 is 27.7 Å². The number of benzene rings is 1. The summed E-state index contributed by atoms with van der Waals surface area (Å²) in [4.78, 5) is 1.25. The summed E-state index contributed by atoms with van der Waals surface area (Å²) in [5, 5.41) is 12.8. The lowest BCUT2D eigenvalue weighted by Gasteiger charge is -2.12. The molecule has 18 heavy (non-hydrogen) atoms. The van der Waals surface area contributed by atoms with Gasteiger partial charge in [-0.2, -0.15) is 0 Å². The molecule has 1 aromatic rings. The lowest BCUT2D eigenvalue weighted by molar-refractivity contribution is 0.289. The number of halogens is 1. The molecule has 0 aliphatic rings. The quantitative estimate of drug-likeness (QED) is 0.561. The van der Waals surface area contributed by atoms with Crippen LogP contribution in [0.3, 0.4) is 0 Å². The fraction of sp³-hybridized carbons (Fsp3) is 0.571. The first-order chi connectivity index (χ1) is 8.67. The molecule has 0 amide bonds. The molecule has 0 bridgehead atoms. The largest absolute Gasteiger partial charge is 0.396 e. The molecule has 0 heterocycles. The average molecular weight is 332 g/mol. The zero-order chi connectivity index (χ0) is 13.4. The first kappa shape index (κ1) is 16.0. The minimum absolute atomic E-state index is 0.255. The van der Waals surface area contributed by atoms with Crippen LogP contribution in [0.2, 0.25) is 0 Å². The van der Waals surface area contributed by atoms with Crippen LogP contribution in [0.1, 0.15) is 32.3 Å². The van der Waals surface area contributed by atoms with E-state index in [1.807, 2.05) is 0 Å². The fourth-order valence-electron chi connectivity index (χ4n) is 1.62. The molecule has 0 saturated heterocycles. The number of hydrogen-bond donors (Lipinski definition) is 2. The molecule has 1 atom stereocenters. The van der Waals surface area contributed by atoms with E-state index in [4.69, 9.17) is 5.11 Å². The van der Waals surface area contributed by atoms with Crippen LogP contribution >= 0.6 is 27.7 Å². The summed E-state index contributed by atoms with van der Waals surface area (Å²) in [6, 6.07) is 6.50. The van der Waals surface area contributed by atoms with Gasteiger partial charge in [0.25, 0.3) is 0 Å². The molecule has 1 rings (SSSR count). The third-order valence-corrected chi connectivity index (χ3v) is 4.78. The van der Waals surface area contributed by atoms with Crippen LogP contribution in [0.25, 0.3) is 0 Å². The zero-order valence-corrected chi connectivity index (χ0v) is 13.5. The second kappa shape index (κ2) is 8.97. The molecule has 0 radical (unpaired) electrons. The van der Waals surface area contributed by atoms with Crippen LogP contribution in [0.5, 0.6) is 0 Å². The molecule has 102 valence electrons. The lowest BCUT2D eigenvalue weighted by Crippen LogP contribution is -2.13. The molecule has 0 aromatic heterocycles. The van der Waals surface area contributed by atoms with Crippen molar-refractivity contribution in [3.63, 3.8) is 0 Å². The van der Waals surface area contributed by atoms with Gasteiger partial charge in [-0.05, 0) is 53.0 Å². The maximum atomic E-state index is 8.92. The van der Waals surface area contributed by atoms with Crippen molar-refractivity contribution in [1.29, 1.82) is 0 Å². The maximum absolute atomic E-state index is 8.92. The fourth-order valence-corrected chi connectivity index (χ4v) is 3.30. The van der Waals surface area contributed by atoms with Gasteiger partial charge in [-0.1, -0.05) is 19.9 Å². The van der Waals surface area contributed by atoms with Crippen LogP contribution in [-0.2, 0) is 6.54 Å². The zero-order valence-electron chi connectivity index (χ0n) is 11.1. The summed E-state index contributed by atoms with van der Waals surface area (Å²) in [6.07, 6.45) is 1.99. The molecule has 0 fully saturated rings. The van der Waals surface area contributed by atoms with Crippen molar-refractivity contribution in [2.45, 2.75) is 43.4 Å². The van der Waals surface area contributed by atoms with Crippen molar-refractivity contribution in [2.24, 2.45) is 0 Å². The number of aliphatic hydroxyl groups excluding tert-OH is 1. The van der Waals surface area contributed by atoms with E-state index in [1.54, 1.807) is 11.8 Å². The molecule has 0 aliphatic heterocycles. The van der Waals surface area contributed by atoms with Gasteiger partial charge in [-0.15, -0.1) is 11.8 Å². The maximum Gasteiger partial charge on any atom is 0.0441 e. The summed E-state index contributed by atoms with van der Waals surface area (Å²) in [7, 11) is 0. The highest BCUT2D eigenvalue weighted by molar-refractivity contribution is 9.10. The van der Waals surface area contributed by atoms with Gasteiger partial charge in [-0.25, -0.2) is 0 Å². The minimum atomic E-state index is 0.255. The Morgan fingerprint density at radius 1 is 1.44 bits per heavy atom. The summed E-state index contributed by atoms with van der Waals surface area (Å²) in [5.41, 5.74) is 1.30. The summed E-state index contributed by atoms with van der Waals surface area (Å²) < 4.78 is 1.15. The van der Waals surface area contributed by atoms with Crippen LogP contribution < -0.4 is 5.32 Å². The van der Waals surface area contributed by atoms with Gasteiger partial charge < -0.3 is 10.4 Å². The van der Waals surface area contributed by atoms with Crippen molar-refractivity contribution in [1.82, 2.24) is 5.32 Å². The van der Waals surface area contributed by atoms with Gasteiger partial charge in [0.2, 0.25) is 0 Å². The third-order valence-electron chi connectivity index (χ3n) is 2.62. The van der Waals surface area contributed by atoms with Crippen molar-refractivity contribution in [3.8, 4) is 0 Å². The van der Waals surface area contributed by atoms with Crippen LogP contribution in [0.4, 0.5) is 0 Å². The van der Waals surface area contributed by atoms with E-state index in [-0.39, 0.29) is 6.61 Å². The van der Waals surface area contributed by atoms with Crippen molar-refractivity contribution in [2.75, 3.05) is 13.2 Å². The Bertz CT molecular complexity index is 360. The van der Waals surface area contributed by atoms with E-state index < -0.39 is 0 Å². The van der Waals surface area contributed by atoms with Crippen molar-refractivity contribution < 1.29 is 5.11 Å². The summed E-state index contributed by atoms with van der Waals surface area (Å²) in [6.45, 7) is 6.55. The lowest BCUT2D eigenvalue weighted by atomic mass is 10.2. The number of nitrogens with one attached hydrogen (secondary N) is 1. The van der Waals surface area contributed by atoms with Crippen LogP contribution in [-0.4, -0.2) is 23.5 Å². The number of hydrogen-bond acceptors (Lipinski definition) is 3. The predicted octanol–water partition coefficient (Wildman–Crippen LogP) is 3.81. The first-order valence-corrected chi connectivity index (χ1v) is 8.11. The van der Waals surface area contributed by atoms with E-state index in [2.05, 4.69) is 53.3 Å². The summed E-state index contributed by atoms with van der Waals surface area (Å²) >= 11 is 5.43. The minimum Gasteiger partial charge on any atom is -0.396 e.